The summed E-state index contributed by atoms with van der Waals surface area (Å²) in [5.41, 5.74) is 4.95. The first-order valence-corrected chi connectivity index (χ1v) is 7.41. The van der Waals surface area contributed by atoms with Crippen molar-refractivity contribution in [2.24, 2.45) is 0 Å². The van der Waals surface area contributed by atoms with E-state index >= 15 is 0 Å². The number of hydrogen-bond donors (Lipinski definition) is 1. The number of rotatable bonds is 3. The second-order valence-electron chi connectivity index (χ2n) is 5.11. The van der Waals surface area contributed by atoms with Gasteiger partial charge in [-0.05, 0) is 41.8 Å². The molecular formula is C16H16Cl2N2. The molecule has 4 heteroatoms. The maximum atomic E-state index is 6.16. The number of hydrogen-bond acceptors (Lipinski definition) is 2. The topological polar surface area (TPSA) is 15.3 Å². The van der Waals surface area contributed by atoms with Gasteiger partial charge < -0.3 is 10.2 Å². The van der Waals surface area contributed by atoms with Crippen LogP contribution in [-0.2, 0) is 13.0 Å². The molecule has 0 fully saturated rings. The molecular weight excluding hydrogens is 291 g/mol. The quantitative estimate of drug-likeness (QED) is 0.891. The monoisotopic (exact) mass is 306 g/mol. The first-order valence-electron chi connectivity index (χ1n) is 6.65. The molecule has 0 saturated heterocycles. The number of halogens is 2. The highest BCUT2D eigenvalue weighted by Gasteiger charge is 2.15. The zero-order chi connectivity index (χ0) is 14.1. The van der Waals surface area contributed by atoms with E-state index in [1.807, 2.05) is 12.1 Å². The van der Waals surface area contributed by atoms with Gasteiger partial charge in [-0.15, -0.1) is 0 Å². The van der Waals surface area contributed by atoms with E-state index in [4.69, 9.17) is 23.2 Å². The molecule has 0 spiro atoms. The van der Waals surface area contributed by atoms with E-state index in [1.165, 1.54) is 16.8 Å². The fourth-order valence-corrected chi connectivity index (χ4v) is 3.04. The molecule has 20 heavy (non-hydrogen) atoms. The standard InChI is InChI=1S/C16H16Cl2N2/c1-20-7-6-12-8-11(2-5-16(12)20)10-19-15-4-3-13(17)9-14(15)18/h2-5,8-9,19H,6-7,10H2,1H3. The van der Waals surface area contributed by atoms with E-state index in [0.29, 0.717) is 10.0 Å². The summed E-state index contributed by atoms with van der Waals surface area (Å²) >= 11 is 12.0. The number of likely N-dealkylation sites (N-methyl/N-ethyl adjacent to an activating group) is 1. The average molecular weight is 307 g/mol. The summed E-state index contributed by atoms with van der Waals surface area (Å²) in [6.07, 6.45) is 1.13. The van der Waals surface area contributed by atoms with Crippen molar-refractivity contribution in [3.63, 3.8) is 0 Å². The van der Waals surface area contributed by atoms with Gasteiger partial charge >= 0.3 is 0 Å². The molecule has 3 rings (SSSR count). The summed E-state index contributed by atoms with van der Waals surface area (Å²) in [7, 11) is 2.14. The van der Waals surface area contributed by atoms with Gasteiger partial charge in [-0.25, -0.2) is 0 Å². The third kappa shape index (κ3) is 2.72. The Morgan fingerprint density at radius 1 is 1.15 bits per heavy atom. The predicted molar refractivity (Wildman–Crippen MR) is 87.2 cm³/mol. The summed E-state index contributed by atoms with van der Waals surface area (Å²) in [4.78, 5) is 2.29. The minimum absolute atomic E-state index is 0.651. The highest BCUT2D eigenvalue weighted by molar-refractivity contribution is 6.36. The van der Waals surface area contributed by atoms with Crippen LogP contribution in [0.15, 0.2) is 36.4 Å². The van der Waals surface area contributed by atoms with Crippen LogP contribution in [-0.4, -0.2) is 13.6 Å². The van der Waals surface area contributed by atoms with Crippen LogP contribution >= 0.6 is 23.2 Å². The van der Waals surface area contributed by atoms with Crippen molar-refractivity contribution in [2.75, 3.05) is 23.8 Å². The SMILES string of the molecule is CN1CCc2cc(CNc3ccc(Cl)cc3Cl)ccc21. The van der Waals surface area contributed by atoms with E-state index in [2.05, 4.69) is 35.5 Å². The van der Waals surface area contributed by atoms with Crippen molar-refractivity contribution in [2.45, 2.75) is 13.0 Å². The van der Waals surface area contributed by atoms with E-state index < -0.39 is 0 Å². The molecule has 0 aromatic heterocycles. The van der Waals surface area contributed by atoms with Crippen LogP contribution in [0.1, 0.15) is 11.1 Å². The maximum Gasteiger partial charge on any atom is 0.0652 e. The minimum atomic E-state index is 0.651. The fourth-order valence-electron chi connectivity index (χ4n) is 2.56. The predicted octanol–water partition coefficient (Wildman–Crippen LogP) is 4.60. The van der Waals surface area contributed by atoms with E-state index in [9.17, 15) is 0 Å². The van der Waals surface area contributed by atoms with Crippen LogP contribution in [0.5, 0.6) is 0 Å². The van der Waals surface area contributed by atoms with Crippen molar-refractivity contribution in [3.8, 4) is 0 Å². The number of anilines is 2. The van der Waals surface area contributed by atoms with E-state index in [-0.39, 0.29) is 0 Å². The van der Waals surface area contributed by atoms with E-state index in [1.54, 1.807) is 6.07 Å². The summed E-state index contributed by atoms with van der Waals surface area (Å²) < 4.78 is 0. The number of benzene rings is 2. The van der Waals surface area contributed by atoms with Gasteiger partial charge in [-0.2, -0.15) is 0 Å². The normalized spacial score (nSPS) is 13.4. The van der Waals surface area contributed by atoms with Crippen LogP contribution in [0.4, 0.5) is 11.4 Å². The smallest absolute Gasteiger partial charge is 0.0652 e. The van der Waals surface area contributed by atoms with Gasteiger partial charge in [0.1, 0.15) is 0 Å². The van der Waals surface area contributed by atoms with Crippen LogP contribution in [0.2, 0.25) is 10.0 Å². The van der Waals surface area contributed by atoms with Crippen LogP contribution in [0.3, 0.4) is 0 Å². The molecule has 0 bridgehead atoms. The lowest BCUT2D eigenvalue weighted by Crippen LogP contribution is -2.12. The van der Waals surface area contributed by atoms with Crippen molar-refractivity contribution in [1.29, 1.82) is 0 Å². The van der Waals surface area contributed by atoms with Crippen molar-refractivity contribution < 1.29 is 0 Å². The van der Waals surface area contributed by atoms with Crippen LogP contribution in [0, 0.1) is 0 Å². The van der Waals surface area contributed by atoms with Gasteiger partial charge in [0.2, 0.25) is 0 Å². The Morgan fingerprint density at radius 2 is 2.00 bits per heavy atom. The Labute approximate surface area is 129 Å². The first-order chi connectivity index (χ1) is 9.63. The Kier molecular flexibility index (Phi) is 3.77. The van der Waals surface area contributed by atoms with Gasteiger partial charge in [-0.1, -0.05) is 35.3 Å². The second kappa shape index (κ2) is 5.55. The largest absolute Gasteiger partial charge is 0.380 e. The first kappa shape index (κ1) is 13.6. The molecule has 0 unspecified atom stereocenters. The lowest BCUT2D eigenvalue weighted by atomic mass is 10.1. The molecule has 2 aromatic rings. The Morgan fingerprint density at radius 3 is 2.80 bits per heavy atom. The molecule has 1 aliphatic heterocycles. The van der Waals surface area contributed by atoms with Gasteiger partial charge in [0.15, 0.2) is 0 Å². The molecule has 0 amide bonds. The maximum absolute atomic E-state index is 6.16. The molecule has 0 atom stereocenters. The number of nitrogens with one attached hydrogen (secondary N) is 1. The van der Waals surface area contributed by atoms with Crippen LogP contribution < -0.4 is 10.2 Å². The zero-order valence-electron chi connectivity index (χ0n) is 11.3. The third-order valence-electron chi connectivity index (χ3n) is 3.69. The highest BCUT2D eigenvalue weighted by atomic mass is 35.5. The molecule has 0 radical (unpaired) electrons. The lowest BCUT2D eigenvalue weighted by molar-refractivity contribution is 0.955. The molecule has 1 heterocycles. The Balaban J connectivity index is 1.73. The molecule has 2 nitrogen and oxygen atoms in total. The molecule has 0 aliphatic carbocycles. The molecule has 0 saturated carbocycles. The van der Waals surface area contributed by atoms with Crippen LogP contribution in [0.25, 0.3) is 0 Å². The lowest BCUT2D eigenvalue weighted by Gasteiger charge is -2.13. The number of nitrogens with zero attached hydrogens (tertiary/aromatic N) is 1. The van der Waals surface area contributed by atoms with Gasteiger partial charge in [-0.3, -0.25) is 0 Å². The summed E-state index contributed by atoms with van der Waals surface area (Å²) in [6.45, 7) is 1.87. The summed E-state index contributed by atoms with van der Waals surface area (Å²) in [5.74, 6) is 0. The molecule has 104 valence electrons. The van der Waals surface area contributed by atoms with Gasteiger partial charge in [0.05, 0.1) is 10.7 Å². The Bertz CT molecular complexity index is 640. The van der Waals surface area contributed by atoms with Crippen molar-refractivity contribution in [1.82, 2.24) is 0 Å². The molecule has 2 aromatic carbocycles. The van der Waals surface area contributed by atoms with Gasteiger partial charge in [0, 0.05) is 30.8 Å². The summed E-state index contributed by atoms with van der Waals surface area (Å²) in [5, 5.41) is 4.66. The fraction of sp³-hybridized carbons (Fsp3) is 0.250. The molecule has 1 aliphatic rings. The Hall–Kier alpha value is -1.38. The summed E-state index contributed by atoms with van der Waals surface area (Å²) in [6, 6.07) is 12.1. The zero-order valence-corrected chi connectivity index (χ0v) is 12.8. The van der Waals surface area contributed by atoms with Gasteiger partial charge in [0.25, 0.3) is 0 Å². The van der Waals surface area contributed by atoms with E-state index in [0.717, 1.165) is 25.2 Å². The van der Waals surface area contributed by atoms with Crippen molar-refractivity contribution in [3.05, 3.63) is 57.6 Å². The minimum Gasteiger partial charge on any atom is -0.380 e. The highest BCUT2D eigenvalue weighted by Crippen LogP contribution is 2.29. The second-order valence-corrected chi connectivity index (χ2v) is 5.96. The molecule has 1 N–H and O–H groups in total. The average Bonchev–Trinajstić information content (AvgIpc) is 2.79. The van der Waals surface area contributed by atoms with Crippen molar-refractivity contribution >= 4 is 34.6 Å². The third-order valence-corrected chi connectivity index (χ3v) is 4.23. The number of fused-ring (bicyclic) bond motifs is 1.